The van der Waals surface area contributed by atoms with Crippen molar-refractivity contribution >= 4 is 11.8 Å². The number of hydrogen-bond acceptors (Lipinski definition) is 3. The van der Waals surface area contributed by atoms with E-state index < -0.39 is 6.04 Å². The topological polar surface area (TPSA) is 75.4 Å². The molecule has 0 fully saturated rings. The fourth-order valence-electron chi connectivity index (χ4n) is 2.72. The molecule has 1 aliphatic rings. The molecule has 2 amide bonds. The van der Waals surface area contributed by atoms with Gasteiger partial charge in [-0.1, -0.05) is 38.1 Å². The first kappa shape index (κ1) is 16.5. The lowest BCUT2D eigenvalue weighted by molar-refractivity contribution is -0.133. The van der Waals surface area contributed by atoms with Gasteiger partial charge in [0.1, 0.15) is 0 Å². The third-order valence-electron chi connectivity index (χ3n) is 4.41. The van der Waals surface area contributed by atoms with Gasteiger partial charge in [-0.05, 0) is 29.9 Å². The van der Waals surface area contributed by atoms with E-state index in [1.165, 1.54) is 11.1 Å². The van der Waals surface area contributed by atoms with Crippen molar-refractivity contribution < 1.29 is 9.59 Å². The summed E-state index contributed by atoms with van der Waals surface area (Å²) < 4.78 is 0. The Morgan fingerprint density at radius 1 is 1.27 bits per heavy atom. The predicted octanol–water partition coefficient (Wildman–Crippen LogP) is 0.712. The molecule has 0 spiro atoms. The van der Waals surface area contributed by atoms with Crippen molar-refractivity contribution in [2.75, 3.05) is 13.6 Å². The van der Waals surface area contributed by atoms with E-state index in [2.05, 4.69) is 17.4 Å². The number of rotatable bonds is 5. The fourth-order valence-corrected chi connectivity index (χ4v) is 2.72. The number of benzene rings is 1. The minimum absolute atomic E-state index is 0.00258. The van der Waals surface area contributed by atoms with Crippen molar-refractivity contribution in [3.05, 3.63) is 35.4 Å². The zero-order valence-electron chi connectivity index (χ0n) is 13.5. The number of amides is 2. The molecule has 1 aliphatic carbocycles. The number of nitrogens with one attached hydrogen (secondary N) is 1. The van der Waals surface area contributed by atoms with Crippen LogP contribution in [-0.4, -0.2) is 42.4 Å². The Hall–Kier alpha value is -1.88. The molecule has 0 aromatic heterocycles. The number of carbonyl (C=O) groups is 2. The van der Waals surface area contributed by atoms with E-state index in [-0.39, 0.29) is 30.3 Å². The highest BCUT2D eigenvalue weighted by Crippen LogP contribution is 2.24. The molecule has 2 rings (SSSR count). The summed E-state index contributed by atoms with van der Waals surface area (Å²) in [4.78, 5) is 25.8. The molecule has 120 valence electrons. The largest absolute Gasteiger partial charge is 0.346 e. The maximum Gasteiger partial charge on any atom is 0.241 e. The van der Waals surface area contributed by atoms with Crippen molar-refractivity contribution in [2.24, 2.45) is 11.7 Å². The first-order valence-electron chi connectivity index (χ1n) is 7.76. The molecule has 0 unspecified atom stereocenters. The molecule has 0 bridgehead atoms. The Balaban J connectivity index is 1.85. The highest BCUT2D eigenvalue weighted by atomic mass is 16.2. The van der Waals surface area contributed by atoms with Crippen LogP contribution < -0.4 is 11.1 Å². The Morgan fingerprint density at radius 3 is 2.32 bits per heavy atom. The van der Waals surface area contributed by atoms with Gasteiger partial charge in [0.15, 0.2) is 0 Å². The summed E-state index contributed by atoms with van der Waals surface area (Å²) in [6.45, 7) is 3.77. The summed E-state index contributed by atoms with van der Waals surface area (Å²) in [5, 5.41) is 2.63. The number of hydrogen-bond donors (Lipinski definition) is 2. The van der Waals surface area contributed by atoms with Crippen LogP contribution in [0.1, 0.15) is 25.0 Å². The average molecular weight is 303 g/mol. The van der Waals surface area contributed by atoms with Crippen LogP contribution in [0.15, 0.2) is 24.3 Å². The van der Waals surface area contributed by atoms with E-state index in [1.54, 1.807) is 11.9 Å². The number of carbonyl (C=O) groups excluding carboxylic acids is 2. The van der Waals surface area contributed by atoms with E-state index in [0.29, 0.717) is 0 Å². The zero-order valence-corrected chi connectivity index (χ0v) is 13.5. The normalized spacial score (nSPS) is 15.5. The van der Waals surface area contributed by atoms with Crippen LogP contribution in [0.3, 0.4) is 0 Å². The smallest absolute Gasteiger partial charge is 0.241 e. The summed E-state index contributed by atoms with van der Waals surface area (Å²) in [7, 11) is 1.80. The second-order valence-electron chi connectivity index (χ2n) is 6.32. The quantitative estimate of drug-likeness (QED) is 0.841. The van der Waals surface area contributed by atoms with Crippen molar-refractivity contribution in [3.63, 3.8) is 0 Å². The molecule has 1 aromatic carbocycles. The summed E-state index contributed by atoms with van der Waals surface area (Å²) >= 11 is 0. The van der Waals surface area contributed by atoms with Gasteiger partial charge < -0.3 is 16.0 Å². The maximum absolute atomic E-state index is 12.2. The fraction of sp³-hybridized carbons (Fsp3) is 0.529. The van der Waals surface area contributed by atoms with Crippen LogP contribution in [-0.2, 0) is 22.4 Å². The molecule has 0 heterocycles. The molecule has 1 atom stereocenters. The van der Waals surface area contributed by atoms with Gasteiger partial charge in [-0.25, -0.2) is 0 Å². The maximum atomic E-state index is 12.2. The van der Waals surface area contributed by atoms with E-state index in [0.717, 1.165) is 12.8 Å². The Morgan fingerprint density at radius 2 is 1.82 bits per heavy atom. The van der Waals surface area contributed by atoms with Crippen LogP contribution in [0, 0.1) is 5.92 Å². The number of likely N-dealkylation sites (N-methyl/N-ethyl adjacent to an activating group) is 1. The van der Waals surface area contributed by atoms with Crippen molar-refractivity contribution in [1.29, 1.82) is 0 Å². The Kier molecular flexibility index (Phi) is 5.19. The number of nitrogens with zero attached hydrogens (tertiary/aromatic N) is 1. The molecule has 5 heteroatoms. The van der Waals surface area contributed by atoms with Crippen LogP contribution >= 0.6 is 0 Å². The lowest BCUT2D eigenvalue weighted by Gasteiger charge is -2.25. The van der Waals surface area contributed by atoms with E-state index in [9.17, 15) is 9.59 Å². The van der Waals surface area contributed by atoms with E-state index >= 15 is 0 Å². The minimum Gasteiger partial charge on any atom is -0.346 e. The molecule has 3 N–H and O–H groups in total. The molecule has 1 aromatic rings. The van der Waals surface area contributed by atoms with Crippen molar-refractivity contribution in [2.45, 2.75) is 38.8 Å². The van der Waals surface area contributed by atoms with Crippen LogP contribution in [0.4, 0.5) is 0 Å². The average Bonchev–Trinajstić information content (AvgIpc) is 2.94. The lowest BCUT2D eigenvalue weighted by Crippen LogP contribution is -2.49. The molecular weight excluding hydrogens is 278 g/mol. The van der Waals surface area contributed by atoms with Gasteiger partial charge in [-0.3, -0.25) is 9.59 Å². The minimum atomic E-state index is -0.575. The third-order valence-corrected chi connectivity index (χ3v) is 4.41. The Labute approximate surface area is 131 Å². The van der Waals surface area contributed by atoms with Crippen molar-refractivity contribution in [3.8, 4) is 0 Å². The first-order valence-corrected chi connectivity index (χ1v) is 7.76. The van der Waals surface area contributed by atoms with Gasteiger partial charge in [-0.15, -0.1) is 0 Å². The molecule has 5 nitrogen and oxygen atoms in total. The molecule has 0 radical (unpaired) electrons. The molecule has 0 aliphatic heterocycles. The molecule has 22 heavy (non-hydrogen) atoms. The monoisotopic (exact) mass is 303 g/mol. The van der Waals surface area contributed by atoms with Gasteiger partial charge in [0.2, 0.25) is 11.8 Å². The first-order chi connectivity index (χ1) is 10.4. The Bertz CT molecular complexity index is 532. The summed E-state index contributed by atoms with van der Waals surface area (Å²) in [5.41, 5.74) is 8.37. The van der Waals surface area contributed by atoms with Crippen molar-refractivity contribution in [1.82, 2.24) is 10.2 Å². The molecular formula is C17H25N3O2. The highest BCUT2D eigenvalue weighted by Gasteiger charge is 2.27. The summed E-state index contributed by atoms with van der Waals surface area (Å²) in [6.07, 6.45) is 1.75. The second kappa shape index (κ2) is 6.92. The second-order valence-corrected chi connectivity index (χ2v) is 6.32. The lowest BCUT2D eigenvalue weighted by atomic mass is 10.1. The van der Waals surface area contributed by atoms with Gasteiger partial charge in [0, 0.05) is 13.1 Å². The van der Waals surface area contributed by atoms with Gasteiger partial charge in [0.05, 0.1) is 12.6 Å². The van der Waals surface area contributed by atoms with Crippen LogP contribution in [0.5, 0.6) is 0 Å². The number of nitrogens with two attached hydrogens (primary N) is 1. The SMILES string of the molecule is CC(C)[C@H](N)C(=O)NCC(=O)N(C)C1Cc2ccccc2C1. The standard InChI is InChI=1S/C17H25N3O2/c1-11(2)16(18)17(22)19-10-15(21)20(3)14-8-12-6-4-5-7-13(12)9-14/h4-7,11,14,16H,8-10,18H2,1-3H3,(H,19,22)/t16-/m0/s1. The molecule has 0 saturated heterocycles. The molecule has 0 saturated carbocycles. The van der Waals surface area contributed by atoms with Gasteiger partial charge in [-0.2, -0.15) is 0 Å². The van der Waals surface area contributed by atoms with E-state index in [1.807, 2.05) is 26.0 Å². The summed E-state index contributed by atoms with van der Waals surface area (Å²) in [6, 6.07) is 7.86. The number of fused-ring (bicyclic) bond motifs is 1. The third kappa shape index (κ3) is 3.65. The van der Waals surface area contributed by atoms with Gasteiger partial charge in [0.25, 0.3) is 0 Å². The predicted molar refractivity (Wildman–Crippen MR) is 86.2 cm³/mol. The van der Waals surface area contributed by atoms with E-state index in [4.69, 9.17) is 5.73 Å². The highest BCUT2D eigenvalue weighted by molar-refractivity contribution is 5.87. The van der Waals surface area contributed by atoms with Crippen LogP contribution in [0.2, 0.25) is 0 Å². The van der Waals surface area contributed by atoms with Crippen LogP contribution in [0.25, 0.3) is 0 Å². The summed E-state index contributed by atoms with van der Waals surface area (Å²) in [5.74, 6) is -0.300. The van der Waals surface area contributed by atoms with Gasteiger partial charge >= 0.3 is 0 Å². The zero-order chi connectivity index (χ0) is 16.3.